The Morgan fingerprint density at radius 1 is 1.13 bits per heavy atom. The lowest BCUT2D eigenvalue weighted by molar-refractivity contribution is -0.139. The number of benzene rings is 2. The first kappa shape index (κ1) is 20.1. The minimum absolute atomic E-state index is 0.183. The third kappa shape index (κ3) is 4.19. The molecule has 2 fully saturated rings. The second-order valence-electron chi connectivity index (χ2n) is 8.50. The average Bonchev–Trinajstić information content (AvgIpc) is 3.51. The van der Waals surface area contributed by atoms with Gasteiger partial charge >= 0.3 is 0 Å². The van der Waals surface area contributed by atoms with E-state index in [4.69, 9.17) is 21.4 Å². The molecule has 0 atom stereocenters. The first-order valence-electron chi connectivity index (χ1n) is 11.0. The van der Waals surface area contributed by atoms with Crippen LogP contribution in [0.3, 0.4) is 0 Å². The Bertz CT molecular complexity index is 1090. The lowest BCUT2D eigenvalue weighted by Crippen LogP contribution is -2.40. The van der Waals surface area contributed by atoms with Gasteiger partial charge in [0.25, 0.3) is 0 Å². The largest absolute Gasteiger partial charge is 0.439 e. The lowest BCUT2D eigenvalue weighted by atomic mass is 9.84. The molecular weight excluding hydrogens is 410 g/mol. The van der Waals surface area contributed by atoms with Gasteiger partial charge in [-0.2, -0.15) is 5.10 Å². The minimum atomic E-state index is 0.183. The molecule has 5 rings (SSSR count). The van der Waals surface area contributed by atoms with Crippen LogP contribution in [0.15, 0.2) is 54.6 Å². The Kier molecular flexibility index (Phi) is 5.45. The molecule has 1 heterocycles. The zero-order chi connectivity index (χ0) is 21.4. The number of para-hydroxylation sites is 1. The van der Waals surface area contributed by atoms with E-state index in [1.54, 1.807) is 4.68 Å². The van der Waals surface area contributed by atoms with Gasteiger partial charge in [0, 0.05) is 17.0 Å². The number of rotatable bonds is 7. The van der Waals surface area contributed by atoms with Crippen LogP contribution in [0.5, 0.6) is 11.6 Å². The molecule has 2 aliphatic carbocycles. The maximum atomic E-state index is 13.2. The molecule has 0 bridgehead atoms. The van der Waals surface area contributed by atoms with E-state index >= 15 is 0 Å². The topological polar surface area (TPSA) is 47.4 Å². The highest BCUT2D eigenvalue weighted by molar-refractivity contribution is 6.30. The van der Waals surface area contributed by atoms with Crippen molar-refractivity contribution in [2.24, 2.45) is 5.92 Å². The summed E-state index contributed by atoms with van der Waals surface area (Å²) in [6.07, 6.45) is 5.33. The van der Waals surface area contributed by atoms with Crippen LogP contribution in [-0.4, -0.2) is 26.6 Å². The molecule has 1 amide bonds. The van der Waals surface area contributed by atoms with Gasteiger partial charge in [-0.3, -0.25) is 4.79 Å². The van der Waals surface area contributed by atoms with Crippen LogP contribution >= 0.6 is 11.6 Å². The van der Waals surface area contributed by atoms with Gasteiger partial charge in [-0.05, 0) is 62.9 Å². The average molecular weight is 436 g/mol. The van der Waals surface area contributed by atoms with Crippen molar-refractivity contribution in [3.63, 3.8) is 0 Å². The summed E-state index contributed by atoms with van der Waals surface area (Å²) in [6, 6.07) is 17.6. The number of halogens is 1. The molecular formula is C25H26ClN3O2. The number of hydrogen-bond acceptors (Lipinski definition) is 3. The van der Waals surface area contributed by atoms with Crippen molar-refractivity contribution in [1.82, 2.24) is 14.7 Å². The number of ether oxygens (including phenoxy) is 1. The van der Waals surface area contributed by atoms with Crippen molar-refractivity contribution in [3.05, 3.63) is 70.9 Å². The highest BCUT2D eigenvalue weighted by Crippen LogP contribution is 2.38. The Morgan fingerprint density at radius 2 is 1.90 bits per heavy atom. The van der Waals surface area contributed by atoms with E-state index < -0.39 is 0 Å². The molecule has 0 spiro atoms. The van der Waals surface area contributed by atoms with Crippen molar-refractivity contribution >= 4 is 17.5 Å². The monoisotopic (exact) mass is 435 g/mol. The zero-order valence-electron chi connectivity index (χ0n) is 17.6. The van der Waals surface area contributed by atoms with Gasteiger partial charge in [-0.15, -0.1) is 0 Å². The summed E-state index contributed by atoms with van der Waals surface area (Å²) < 4.78 is 8.15. The van der Waals surface area contributed by atoms with Crippen molar-refractivity contribution in [2.45, 2.75) is 51.6 Å². The Morgan fingerprint density at radius 3 is 2.55 bits per heavy atom. The molecule has 2 saturated carbocycles. The van der Waals surface area contributed by atoms with E-state index in [1.165, 1.54) is 0 Å². The van der Waals surface area contributed by atoms with E-state index in [0.29, 0.717) is 23.5 Å². The molecule has 0 unspecified atom stereocenters. The number of carbonyl (C=O) groups is 1. The van der Waals surface area contributed by atoms with E-state index in [1.807, 2.05) is 61.5 Å². The van der Waals surface area contributed by atoms with Crippen molar-refractivity contribution in [3.8, 4) is 17.3 Å². The minimum Gasteiger partial charge on any atom is -0.439 e. The third-order valence-electron chi connectivity index (χ3n) is 6.20. The van der Waals surface area contributed by atoms with E-state index in [-0.39, 0.29) is 11.8 Å². The third-order valence-corrected chi connectivity index (χ3v) is 6.44. The fourth-order valence-electron chi connectivity index (χ4n) is 4.04. The molecule has 1 aromatic heterocycles. The van der Waals surface area contributed by atoms with Crippen molar-refractivity contribution < 1.29 is 9.53 Å². The molecule has 0 saturated heterocycles. The summed E-state index contributed by atoms with van der Waals surface area (Å²) in [5.41, 5.74) is 2.64. The van der Waals surface area contributed by atoms with Crippen molar-refractivity contribution in [1.29, 1.82) is 0 Å². The van der Waals surface area contributed by atoms with E-state index in [9.17, 15) is 4.79 Å². The van der Waals surface area contributed by atoms with Gasteiger partial charge in [0.2, 0.25) is 11.8 Å². The Balaban J connectivity index is 1.54. The van der Waals surface area contributed by atoms with Gasteiger partial charge in [-0.1, -0.05) is 42.3 Å². The summed E-state index contributed by atoms with van der Waals surface area (Å²) >= 11 is 6.25. The van der Waals surface area contributed by atoms with Crippen LogP contribution < -0.4 is 4.74 Å². The molecule has 31 heavy (non-hydrogen) atoms. The second kappa shape index (κ2) is 8.39. The van der Waals surface area contributed by atoms with Crippen molar-refractivity contribution in [2.75, 3.05) is 0 Å². The molecule has 2 aliphatic rings. The molecule has 5 nitrogen and oxygen atoms in total. The molecule has 160 valence electrons. The number of aromatic nitrogens is 2. The molecule has 3 aromatic rings. The van der Waals surface area contributed by atoms with E-state index in [0.717, 1.165) is 54.8 Å². The maximum absolute atomic E-state index is 13.2. The maximum Gasteiger partial charge on any atom is 0.227 e. The Labute approximate surface area is 187 Å². The summed E-state index contributed by atoms with van der Waals surface area (Å²) in [4.78, 5) is 15.2. The number of carbonyl (C=O) groups excluding carboxylic acids is 1. The smallest absolute Gasteiger partial charge is 0.227 e. The first-order chi connectivity index (χ1) is 15.1. The highest BCUT2D eigenvalue weighted by atomic mass is 35.5. The van der Waals surface area contributed by atoms with Crippen LogP contribution in [0.25, 0.3) is 5.69 Å². The first-order valence-corrected chi connectivity index (χ1v) is 11.4. The predicted octanol–water partition coefficient (Wildman–Crippen LogP) is 5.92. The van der Waals surface area contributed by atoms with Crippen LogP contribution in [0, 0.1) is 12.8 Å². The fraction of sp³-hybridized carbons (Fsp3) is 0.360. The summed E-state index contributed by atoms with van der Waals surface area (Å²) in [5, 5.41) is 5.42. The second-order valence-corrected chi connectivity index (χ2v) is 8.94. The zero-order valence-corrected chi connectivity index (χ0v) is 18.4. The molecule has 6 heteroatoms. The summed E-state index contributed by atoms with van der Waals surface area (Å²) in [7, 11) is 0. The highest BCUT2D eigenvalue weighted by Gasteiger charge is 2.39. The van der Waals surface area contributed by atoms with Crippen LogP contribution in [0.2, 0.25) is 5.02 Å². The predicted molar refractivity (Wildman–Crippen MR) is 121 cm³/mol. The Hall–Kier alpha value is -2.79. The molecule has 2 aromatic carbocycles. The molecule has 0 aliphatic heterocycles. The van der Waals surface area contributed by atoms with Gasteiger partial charge in [0.05, 0.1) is 23.5 Å². The van der Waals surface area contributed by atoms with E-state index in [2.05, 4.69) is 4.90 Å². The normalized spacial score (nSPS) is 16.1. The lowest BCUT2D eigenvalue weighted by Gasteiger charge is -2.32. The van der Waals surface area contributed by atoms with Crippen LogP contribution in [0.4, 0.5) is 0 Å². The number of amides is 1. The standard InChI is InChI=1S/C25H26ClN3O2/c1-17-23(16-28(20-13-14-20)24(30)18-7-5-8-18)25(31-22-11-3-2-4-12-22)29(27-17)21-10-6-9-19(26)15-21/h2-4,6,9-12,15,18,20H,5,7-8,13-14,16H2,1H3. The van der Waals surface area contributed by atoms with Crippen LogP contribution in [0.1, 0.15) is 43.4 Å². The quantitative estimate of drug-likeness (QED) is 0.463. The van der Waals surface area contributed by atoms with Gasteiger partial charge in [0.15, 0.2) is 0 Å². The number of aryl methyl sites for hydroxylation is 1. The number of nitrogens with zero attached hydrogens (tertiary/aromatic N) is 3. The van der Waals surface area contributed by atoms with Gasteiger partial charge in [0.1, 0.15) is 5.75 Å². The SMILES string of the molecule is Cc1nn(-c2cccc(Cl)c2)c(Oc2ccccc2)c1CN(C(=O)C1CCC1)C1CC1. The summed E-state index contributed by atoms with van der Waals surface area (Å²) in [5.74, 6) is 1.84. The molecule has 0 N–H and O–H groups in total. The summed E-state index contributed by atoms with van der Waals surface area (Å²) in [6.45, 7) is 2.50. The van der Waals surface area contributed by atoms with Crippen LogP contribution in [-0.2, 0) is 11.3 Å². The van der Waals surface area contributed by atoms with Gasteiger partial charge < -0.3 is 9.64 Å². The fourth-order valence-corrected chi connectivity index (χ4v) is 4.23. The molecule has 0 radical (unpaired) electrons. The number of hydrogen-bond donors (Lipinski definition) is 0. The van der Waals surface area contributed by atoms with Gasteiger partial charge in [-0.25, -0.2) is 4.68 Å².